The van der Waals surface area contributed by atoms with E-state index in [4.69, 9.17) is 4.74 Å². The molecule has 2 rings (SSSR count). The highest BCUT2D eigenvalue weighted by Crippen LogP contribution is 2.17. The standard InChI is InChI=1S/C17H28N4O2/c1-13(21-8-9-23-12-14(21)2)10-19-17(22)20(4)15(3)16-6-5-7-18-11-16/h5-7,11,13-15H,8-10,12H2,1-4H3,(H,19,22)/t13-,14-,15-/m0/s1. The third kappa shape index (κ3) is 4.65. The number of morpholine rings is 1. The van der Waals surface area contributed by atoms with Gasteiger partial charge in [0.15, 0.2) is 0 Å². The van der Waals surface area contributed by atoms with E-state index in [9.17, 15) is 4.79 Å². The first-order chi connectivity index (χ1) is 11.0. The molecule has 1 aromatic rings. The van der Waals surface area contributed by atoms with Gasteiger partial charge in [-0.05, 0) is 32.4 Å². The molecule has 0 unspecified atom stereocenters. The monoisotopic (exact) mass is 320 g/mol. The van der Waals surface area contributed by atoms with Crippen molar-refractivity contribution in [2.24, 2.45) is 0 Å². The predicted octanol–water partition coefficient (Wildman–Crippen LogP) is 1.89. The van der Waals surface area contributed by atoms with E-state index in [1.807, 2.05) is 26.1 Å². The van der Waals surface area contributed by atoms with Crippen LogP contribution >= 0.6 is 0 Å². The summed E-state index contributed by atoms with van der Waals surface area (Å²) in [6.07, 6.45) is 3.54. The summed E-state index contributed by atoms with van der Waals surface area (Å²) in [6.45, 7) is 9.38. The van der Waals surface area contributed by atoms with Gasteiger partial charge in [0.2, 0.25) is 0 Å². The van der Waals surface area contributed by atoms with E-state index in [-0.39, 0.29) is 12.1 Å². The molecule has 1 aliphatic rings. The summed E-state index contributed by atoms with van der Waals surface area (Å²) in [7, 11) is 1.81. The number of aromatic nitrogens is 1. The average molecular weight is 320 g/mol. The van der Waals surface area contributed by atoms with Crippen LogP contribution in [0.2, 0.25) is 0 Å². The van der Waals surface area contributed by atoms with Gasteiger partial charge in [-0.3, -0.25) is 9.88 Å². The molecule has 6 nitrogen and oxygen atoms in total. The Morgan fingerprint density at radius 2 is 2.35 bits per heavy atom. The normalized spacial score (nSPS) is 21.5. The zero-order chi connectivity index (χ0) is 16.8. The molecular formula is C17H28N4O2. The summed E-state index contributed by atoms with van der Waals surface area (Å²) < 4.78 is 5.46. The first-order valence-corrected chi connectivity index (χ1v) is 8.24. The fourth-order valence-electron chi connectivity index (χ4n) is 2.89. The Balaban J connectivity index is 1.84. The number of nitrogens with one attached hydrogen (secondary N) is 1. The SMILES string of the molecule is C[C@@H](c1cccnc1)N(C)C(=O)NC[C@H](C)N1CCOC[C@@H]1C. The average Bonchev–Trinajstić information content (AvgIpc) is 2.59. The van der Waals surface area contributed by atoms with Crippen LogP contribution in [-0.4, -0.2) is 66.2 Å². The number of hydrogen-bond donors (Lipinski definition) is 1. The molecule has 0 spiro atoms. The largest absolute Gasteiger partial charge is 0.379 e. The van der Waals surface area contributed by atoms with E-state index in [1.54, 1.807) is 17.3 Å². The number of urea groups is 1. The van der Waals surface area contributed by atoms with Crippen LogP contribution in [0.1, 0.15) is 32.4 Å². The summed E-state index contributed by atoms with van der Waals surface area (Å²) in [5, 5.41) is 3.03. The molecule has 23 heavy (non-hydrogen) atoms. The molecule has 1 aromatic heterocycles. The van der Waals surface area contributed by atoms with Crippen molar-refractivity contribution in [1.29, 1.82) is 0 Å². The minimum Gasteiger partial charge on any atom is -0.379 e. The van der Waals surface area contributed by atoms with E-state index in [2.05, 4.69) is 29.0 Å². The van der Waals surface area contributed by atoms with E-state index >= 15 is 0 Å². The molecule has 1 aliphatic heterocycles. The van der Waals surface area contributed by atoms with Gasteiger partial charge in [-0.1, -0.05) is 6.07 Å². The zero-order valence-corrected chi connectivity index (χ0v) is 14.5. The van der Waals surface area contributed by atoms with Crippen LogP contribution in [0.4, 0.5) is 4.79 Å². The van der Waals surface area contributed by atoms with Crippen molar-refractivity contribution in [3.05, 3.63) is 30.1 Å². The highest BCUT2D eigenvalue weighted by atomic mass is 16.5. The molecule has 0 bridgehead atoms. The lowest BCUT2D eigenvalue weighted by molar-refractivity contribution is -0.0178. The van der Waals surface area contributed by atoms with Gasteiger partial charge < -0.3 is 15.0 Å². The molecule has 0 aliphatic carbocycles. The quantitative estimate of drug-likeness (QED) is 0.900. The maximum atomic E-state index is 12.4. The summed E-state index contributed by atoms with van der Waals surface area (Å²) in [4.78, 5) is 20.6. The van der Waals surface area contributed by atoms with Gasteiger partial charge in [0, 0.05) is 44.6 Å². The first kappa shape index (κ1) is 17.7. The topological polar surface area (TPSA) is 57.7 Å². The number of carbonyl (C=O) groups excluding carboxylic acids is 1. The summed E-state index contributed by atoms with van der Waals surface area (Å²) in [5.74, 6) is 0. The zero-order valence-electron chi connectivity index (χ0n) is 14.5. The maximum absolute atomic E-state index is 12.4. The van der Waals surface area contributed by atoms with Gasteiger partial charge >= 0.3 is 6.03 Å². The summed E-state index contributed by atoms with van der Waals surface area (Å²) >= 11 is 0. The smallest absolute Gasteiger partial charge is 0.317 e. The highest BCUT2D eigenvalue weighted by molar-refractivity contribution is 5.74. The van der Waals surface area contributed by atoms with E-state index in [0.717, 1.165) is 25.3 Å². The van der Waals surface area contributed by atoms with Gasteiger partial charge in [0.05, 0.1) is 19.3 Å². The molecule has 3 atom stereocenters. The van der Waals surface area contributed by atoms with Crippen molar-refractivity contribution in [1.82, 2.24) is 20.1 Å². The lowest BCUT2D eigenvalue weighted by Gasteiger charge is -2.38. The van der Waals surface area contributed by atoms with Gasteiger partial charge in [0.25, 0.3) is 0 Å². The third-order valence-corrected chi connectivity index (χ3v) is 4.60. The van der Waals surface area contributed by atoms with Crippen molar-refractivity contribution in [2.45, 2.75) is 38.9 Å². The molecule has 128 valence electrons. The summed E-state index contributed by atoms with van der Waals surface area (Å²) in [5.41, 5.74) is 1.03. The molecule has 6 heteroatoms. The minimum atomic E-state index is -0.0610. The first-order valence-electron chi connectivity index (χ1n) is 8.24. The molecule has 2 heterocycles. The van der Waals surface area contributed by atoms with Gasteiger partial charge in [-0.15, -0.1) is 0 Å². The van der Waals surface area contributed by atoms with E-state index in [1.165, 1.54) is 0 Å². The van der Waals surface area contributed by atoms with Crippen LogP contribution in [0.5, 0.6) is 0 Å². The van der Waals surface area contributed by atoms with Gasteiger partial charge in [-0.25, -0.2) is 4.79 Å². The molecule has 1 saturated heterocycles. The number of amides is 2. The fraction of sp³-hybridized carbons (Fsp3) is 0.647. The Morgan fingerprint density at radius 3 is 3.00 bits per heavy atom. The number of ether oxygens (including phenoxy) is 1. The minimum absolute atomic E-state index is 0.0127. The van der Waals surface area contributed by atoms with Gasteiger partial charge in [0.1, 0.15) is 0 Å². The second kappa shape index (κ2) is 8.26. The molecule has 1 N–H and O–H groups in total. The van der Waals surface area contributed by atoms with Crippen LogP contribution in [-0.2, 0) is 4.74 Å². The van der Waals surface area contributed by atoms with Crippen LogP contribution in [0, 0.1) is 0 Å². The molecular weight excluding hydrogens is 292 g/mol. The lowest BCUT2D eigenvalue weighted by atomic mass is 10.1. The maximum Gasteiger partial charge on any atom is 0.317 e. The Labute approximate surface area is 138 Å². The van der Waals surface area contributed by atoms with Crippen LogP contribution < -0.4 is 5.32 Å². The Hall–Kier alpha value is -1.66. The van der Waals surface area contributed by atoms with Crippen molar-refractivity contribution < 1.29 is 9.53 Å². The second-order valence-electron chi connectivity index (χ2n) is 6.27. The number of hydrogen-bond acceptors (Lipinski definition) is 4. The van der Waals surface area contributed by atoms with Crippen LogP contribution in [0.15, 0.2) is 24.5 Å². The van der Waals surface area contributed by atoms with E-state index in [0.29, 0.717) is 18.6 Å². The van der Waals surface area contributed by atoms with E-state index < -0.39 is 0 Å². The number of carbonyl (C=O) groups is 1. The molecule has 0 saturated carbocycles. The molecule has 2 amide bonds. The Kier molecular flexibility index (Phi) is 6.36. The Morgan fingerprint density at radius 1 is 1.57 bits per heavy atom. The predicted molar refractivity (Wildman–Crippen MR) is 90.3 cm³/mol. The third-order valence-electron chi connectivity index (χ3n) is 4.60. The number of nitrogens with zero attached hydrogens (tertiary/aromatic N) is 3. The highest BCUT2D eigenvalue weighted by Gasteiger charge is 2.24. The lowest BCUT2D eigenvalue weighted by Crippen LogP contribution is -2.53. The summed E-state index contributed by atoms with van der Waals surface area (Å²) in [6, 6.07) is 4.48. The van der Waals surface area contributed by atoms with Crippen LogP contribution in [0.3, 0.4) is 0 Å². The van der Waals surface area contributed by atoms with Crippen molar-refractivity contribution in [3.8, 4) is 0 Å². The van der Waals surface area contributed by atoms with Gasteiger partial charge in [-0.2, -0.15) is 0 Å². The van der Waals surface area contributed by atoms with Crippen molar-refractivity contribution >= 4 is 6.03 Å². The number of pyridine rings is 1. The molecule has 1 fully saturated rings. The van der Waals surface area contributed by atoms with Crippen molar-refractivity contribution in [2.75, 3.05) is 33.4 Å². The van der Waals surface area contributed by atoms with Crippen molar-refractivity contribution in [3.63, 3.8) is 0 Å². The molecule has 0 radical (unpaired) electrons. The second-order valence-corrected chi connectivity index (χ2v) is 6.27. The molecule has 0 aromatic carbocycles. The Bertz CT molecular complexity index is 497. The number of rotatable bonds is 5. The van der Waals surface area contributed by atoms with Crippen LogP contribution in [0.25, 0.3) is 0 Å². The fourth-order valence-corrected chi connectivity index (χ4v) is 2.89.